The highest BCUT2D eigenvalue weighted by Crippen LogP contribution is 2.38. The number of rotatable bonds is 6. The number of anilines is 1. The first kappa shape index (κ1) is 27.6. The zero-order valence-corrected chi connectivity index (χ0v) is 22.7. The van der Waals surface area contributed by atoms with Gasteiger partial charge in [-0.05, 0) is 25.0 Å². The third-order valence-electron chi connectivity index (χ3n) is 7.41. The zero-order valence-electron chi connectivity index (χ0n) is 21.8. The average Bonchev–Trinajstić information content (AvgIpc) is 3.52. The van der Waals surface area contributed by atoms with Crippen molar-refractivity contribution >= 4 is 47.2 Å². The van der Waals surface area contributed by atoms with Gasteiger partial charge in [-0.1, -0.05) is 18.2 Å². The molecule has 3 saturated heterocycles. The molecule has 0 aromatic heterocycles. The van der Waals surface area contributed by atoms with Crippen LogP contribution in [-0.2, 0) is 23.9 Å². The van der Waals surface area contributed by atoms with Crippen molar-refractivity contribution in [3.8, 4) is 0 Å². The molecule has 0 saturated carbocycles. The molecule has 0 aliphatic carbocycles. The Morgan fingerprint density at radius 2 is 1.84 bits per heavy atom. The Kier molecular flexibility index (Phi) is 8.34. The molecule has 0 bridgehead atoms. The number of esters is 1. The molecule has 3 aliphatic rings. The van der Waals surface area contributed by atoms with Crippen LogP contribution in [0, 0.1) is 0 Å². The Labute approximate surface area is 226 Å². The standard InChI is InChI=1S/C25H34N6O6S/c1-17(32)30-16-38-14-20(30)21(33)27-19(22(34)37-3)13-26-24(36)29-11-9-25(10-12-29)23(35)28(2)15-31(25)18-7-5-4-6-8-18/h4-8,19-20H,9-16H2,1-3H3,(H,26,36)(H,27,33)/t19-,20-/m0/s1. The molecule has 3 heterocycles. The monoisotopic (exact) mass is 546 g/mol. The molecule has 13 heteroatoms. The van der Waals surface area contributed by atoms with E-state index in [4.69, 9.17) is 4.74 Å². The van der Waals surface area contributed by atoms with Crippen molar-refractivity contribution in [2.45, 2.75) is 37.4 Å². The van der Waals surface area contributed by atoms with Gasteiger partial charge in [0.1, 0.15) is 17.6 Å². The number of urea groups is 1. The van der Waals surface area contributed by atoms with Crippen molar-refractivity contribution < 1.29 is 28.7 Å². The minimum absolute atomic E-state index is 0.0413. The van der Waals surface area contributed by atoms with Crippen LogP contribution in [0.1, 0.15) is 19.8 Å². The number of amides is 5. The molecule has 2 atom stereocenters. The van der Waals surface area contributed by atoms with Crippen LogP contribution >= 0.6 is 11.8 Å². The SMILES string of the molecule is COC(=O)[C@H](CNC(=O)N1CCC2(CC1)C(=O)N(C)CN2c1ccccc1)NC(=O)[C@@H]1CSCN1C(C)=O. The fourth-order valence-electron chi connectivity index (χ4n) is 5.26. The van der Waals surface area contributed by atoms with Crippen LogP contribution in [0.3, 0.4) is 0 Å². The number of carbonyl (C=O) groups is 5. The lowest BCUT2D eigenvalue weighted by atomic mass is 9.85. The van der Waals surface area contributed by atoms with E-state index in [1.165, 1.54) is 30.7 Å². The summed E-state index contributed by atoms with van der Waals surface area (Å²) in [7, 11) is 2.99. The van der Waals surface area contributed by atoms with E-state index < -0.39 is 35.5 Å². The van der Waals surface area contributed by atoms with Gasteiger partial charge in [-0.3, -0.25) is 14.4 Å². The molecule has 0 radical (unpaired) electrons. The number of para-hydroxylation sites is 1. The maximum Gasteiger partial charge on any atom is 0.330 e. The molecule has 1 spiro atoms. The number of nitrogens with one attached hydrogen (secondary N) is 2. The smallest absolute Gasteiger partial charge is 0.330 e. The first-order chi connectivity index (χ1) is 18.2. The quantitative estimate of drug-likeness (QED) is 0.479. The van der Waals surface area contributed by atoms with E-state index in [0.29, 0.717) is 44.2 Å². The zero-order chi connectivity index (χ0) is 27.4. The van der Waals surface area contributed by atoms with Gasteiger partial charge in [0.2, 0.25) is 17.7 Å². The van der Waals surface area contributed by atoms with Gasteiger partial charge in [0, 0.05) is 38.5 Å². The minimum atomic E-state index is -1.11. The number of likely N-dealkylation sites (N-methyl/N-ethyl adjacent to an activating group) is 1. The van der Waals surface area contributed by atoms with Gasteiger partial charge in [0.15, 0.2) is 0 Å². The minimum Gasteiger partial charge on any atom is -0.467 e. The van der Waals surface area contributed by atoms with Gasteiger partial charge in [-0.25, -0.2) is 9.59 Å². The second kappa shape index (κ2) is 11.5. The number of likely N-dealkylation sites (tertiary alicyclic amines) is 1. The van der Waals surface area contributed by atoms with Gasteiger partial charge in [-0.2, -0.15) is 0 Å². The summed E-state index contributed by atoms with van der Waals surface area (Å²) in [6.45, 7) is 2.42. The normalized spacial score (nSPS) is 21.4. The van der Waals surface area contributed by atoms with E-state index in [-0.39, 0.29) is 18.4 Å². The summed E-state index contributed by atoms with van der Waals surface area (Å²) < 4.78 is 4.82. The molecule has 0 unspecified atom stereocenters. The van der Waals surface area contributed by atoms with E-state index in [0.717, 1.165) is 5.69 Å². The number of thioether (sulfide) groups is 1. The van der Waals surface area contributed by atoms with Crippen molar-refractivity contribution in [2.24, 2.45) is 0 Å². The van der Waals surface area contributed by atoms with Crippen LogP contribution in [-0.4, -0.2) is 114 Å². The van der Waals surface area contributed by atoms with E-state index >= 15 is 0 Å². The summed E-state index contributed by atoms with van der Waals surface area (Å²) in [5.41, 5.74) is 0.251. The second-order valence-corrected chi connectivity index (χ2v) is 10.7. The van der Waals surface area contributed by atoms with Gasteiger partial charge < -0.3 is 35.0 Å². The van der Waals surface area contributed by atoms with Crippen LogP contribution in [0.4, 0.5) is 10.5 Å². The Bertz CT molecular complexity index is 1080. The molecule has 38 heavy (non-hydrogen) atoms. The van der Waals surface area contributed by atoms with Gasteiger partial charge in [0.05, 0.1) is 26.2 Å². The lowest BCUT2D eigenvalue weighted by molar-refractivity contribution is -0.145. The van der Waals surface area contributed by atoms with Crippen molar-refractivity contribution in [2.75, 3.05) is 57.0 Å². The number of benzene rings is 1. The Hall–Kier alpha value is -3.48. The molecule has 12 nitrogen and oxygen atoms in total. The van der Waals surface area contributed by atoms with E-state index in [2.05, 4.69) is 15.5 Å². The van der Waals surface area contributed by atoms with Crippen molar-refractivity contribution in [1.82, 2.24) is 25.3 Å². The van der Waals surface area contributed by atoms with Crippen molar-refractivity contribution in [3.05, 3.63) is 30.3 Å². The fraction of sp³-hybridized carbons (Fsp3) is 0.560. The predicted octanol–water partition coefficient (Wildman–Crippen LogP) is 0.0459. The van der Waals surface area contributed by atoms with Crippen LogP contribution in [0.25, 0.3) is 0 Å². The first-order valence-electron chi connectivity index (χ1n) is 12.5. The Morgan fingerprint density at radius 3 is 2.47 bits per heavy atom. The molecule has 3 aliphatic heterocycles. The molecule has 1 aromatic rings. The Balaban J connectivity index is 1.35. The first-order valence-corrected chi connectivity index (χ1v) is 13.7. The summed E-state index contributed by atoms with van der Waals surface area (Å²) in [5, 5.41) is 5.33. The molecule has 4 rings (SSSR count). The number of nitrogens with zero attached hydrogens (tertiary/aromatic N) is 4. The highest BCUT2D eigenvalue weighted by Gasteiger charge is 2.53. The third-order valence-corrected chi connectivity index (χ3v) is 8.42. The average molecular weight is 547 g/mol. The molecule has 206 valence electrons. The van der Waals surface area contributed by atoms with E-state index in [1.54, 1.807) is 16.8 Å². The van der Waals surface area contributed by atoms with Gasteiger partial charge >= 0.3 is 12.0 Å². The summed E-state index contributed by atoms with van der Waals surface area (Å²) >= 11 is 1.45. The number of hydrogen-bond acceptors (Lipinski definition) is 8. The Morgan fingerprint density at radius 1 is 1.16 bits per heavy atom. The summed E-state index contributed by atoms with van der Waals surface area (Å²) in [4.78, 5) is 70.0. The number of hydrogen-bond donors (Lipinski definition) is 2. The maximum absolute atomic E-state index is 13.2. The molecular weight excluding hydrogens is 512 g/mol. The molecule has 5 amide bonds. The van der Waals surface area contributed by atoms with Crippen LogP contribution in [0.15, 0.2) is 30.3 Å². The summed E-state index contributed by atoms with van der Waals surface area (Å²) in [6.07, 6.45) is 0.936. The lowest BCUT2D eigenvalue weighted by Gasteiger charge is -2.43. The highest BCUT2D eigenvalue weighted by atomic mass is 32.2. The number of methoxy groups -OCH3 is 1. The largest absolute Gasteiger partial charge is 0.467 e. The lowest BCUT2D eigenvalue weighted by Crippen LogP contribution is -2.59. The fourth-order valence-corrected chi connectivity index (χ4v) is 6.48. The number of piperidine rings is 1. The summed E-state index contributed by atoms with van der Waals surface area (Å²) in [6, 6.07) is 7.58. The van der Waals surface area contributed by atoms with Gasteiger partial charge in [-0.15, -0.1) is 11.8 Å². The second-order valence-electron chi connectivity index (χ2n) is 9.70. The molecule has 1 aromatic carbocycles. The van der Waals surface area contributed by atoms with E-state index in [1.807, 2.05) is 30.3 Å². The maximum atomic E-state index is 13.2. The van der Waals surface area contributed by atoms with Crippen LogP contribution in [0.5, 0.6) is 0 Å². The number of carbonyl (C=O) groups excluding carboxylic acids is 5. The van der Waals surface area contributed by atoms with Crippen LogP contribution < -0.4 is 15.5 Å². The third kappa shape index (κ3) is 5.38. The number of ether oxygens (including phenoxy) is 1. The predicted molar refractivity (Wildman–Crippen MR) is 141 cm³/mol. The van der Waals surface area contributed by atoms with Crippen LogP contribution in [0.2, 0.25) is 0 Å². The van der Waals surface area contributed by atoms with E-state index in [9.17, 15) is 24.0 Å². The molecule has 3 fully saturated rings. The van der Waals surface area contributed by atoms with Gasteiger partial charge in [0.25, 0.3) is 0 Å². The van der Waals surface area contributed by atoms with Crippen molar-refractivity contribution in [1.29, 1.82) is 0 Å². The molecular formula is C25H34N6O6S. The van der Waals surface area contributed by atoms with Crippen molar-refractivity contribution in [3.63, 3.8) is 0 Å². The highest BCUT2D eigenvalue weighted by molar-refractivity contribution is 7.99. The molecule has 2 N–H and O–H groups in total. The topological polar surface area (TPSA) is 132 Å². The summed E-state index contributed by atoms with van der Waals surface area (Å²) in [5.74, 6) is -0.522.